The second kappa shape index (κ2) is 9.07. The fourth-order valence-corrected chi connectivity index (χ4v) is 6.11. The Labute approximate surface area is 170 Å². The average Bonchev–Trinajstić information content (AvgIpc) is 3.32. The first kappa shape index (κ1) is 20.8. The van der Waals surface area contributed by atoms with Crippen molar-refractivity contribution in [2.75, 3.05) is 4.72 Å². The van der Waals surface area contributed by atoms with Crippen molar-refractivity contribution >= 4 is 33.0 Å². The molecule has 0 aliphatic heterocycles. The summed E-state index contributed by atoms with van der Waals surface area (Å²) in [5.41, 5.74) is 1.29. The van der Waals surface area contributed by atoms with Crippen LogP contribution in [0.25, 0.3) is 0 Å². The highest BCUT2D eigenvalue weighted by atomic mass is 32.2. The summed E-state index contributed by atoms with van der Waals surface area (Å²) in [6.07, 6.45) is 6.38. The summed E-state index contributed by atoms with van der Waals surface area (Å²) in [6.45, 7) is 2.71. The molecule has 1 fully saturated rings. The van der Waals surface area contributed by atoms with Crippen LogP contribution in [0.4, 0.5) is 5.69 Å². The maximum absolute atomic E-state index is 12.7. The summed E-state index contributed by atoms with van der Waals surface area (Å²) < 4.78 is 28.0. The quantitative estimate of drug-likeness (QED) is 0.560. The van der Waals surface area contributed by atoms with Crippen LogP contribution < -0.4 is 10.0 Å². The first-order chi connectivity index (χ1) is 13.4. The largest absolute Gasteiger partial charge is 0.477 e. The van der Waals surface area contributed by atoms with E-state index in [1.807, 2.05) is 12.1 Å². The maximum Gasteiger partial charge on any atom is 0.347 e. The number of thiophene rings is 1. The molecule has 3 N–H and O–H groups in total. The summed E-state index contributed by atoms with van der Waals surface area (Å²) in [7, 11) is -3.97. The molecular weight excluding hydrogens is 396 g/mol. The van der Waals surface area contributed by atoms with Crippen LogP contribution in [0.3, 0.4) is 0 Å². The number of hydrogen-bond acceptors (Lipinski definition) is 5. The van der Waals surface area contributed by atoms with Gasteiger partial charge in [-0.2, -0.15) is 0 Å². The van der Waals surface area contributed by atoms with Gasteiger partial charge < -0.3 is 10.4 Å². The number of carboxylic acids is 1. The zero-order valence-corrected chi connectivity index (χ0v) is 17.5. The van der Waals surface area contributed by atoms with E-state index in [-0.39, 0.29) is 9.77 Å². The molecule has 1 saturated carbocycles. The number of sulfonamides is 1. The normalized spacial score (nSPS) is 16.2. The first-order valence-electron chi connectivity index (χ1n) is 9.51. The Morgan fingerprint density at radius 2 is 1.96 bits per heavy atom. The Hall–Kier alpha value is -1.90. The molecule has 1 heterocycles. The van der Waals surface area contributed by atoms with Gasteiger partial charge >= 0.3 is 5.97 Å². The number of benzene rings is 1. The summed E-state index contributed by atoms with van der Waals surface area (Å²) >= 11 is 0.897. The summed E-state index contributed by atoms with van der Waals surface area (Å²) in [4.78, 5) is 10.9. The third-order valence-corrected chi connectivity index (χ3v) is 7.62. The number of hydrogen-bond donors (Lipinski definition) is 3. The highest BCUT2D eigenvalue weighted by molar-refractivity contribution is 7.93. The van der Waals surface area contributed by atoms with E-state index in [0.717, 1.165) is 29.2 Å². The molecule has 28 heavy (non-hydrogen) atoms. The van der Waals surface area contributed by atoms with Gasteiger partial charge in [-0.3, -0.25) is 4.72 Å². The van der Waals surface area contributed by atoms with E-state index in [0.29, 0.717) is 18.3 Å². The minimum Gasteiger partial charge on any atom is -0.477 e. The molecule has 1 atom stereocenters. The van der Waals surface area contributed by atoms with Crippen molar-refractivity contribution in [2.45, 2.75) is 56.5 Å². The van der Waals surface area contributed by atoms with Crippen LogP contribution in [0.2, 0.25) is 0 Å². The number of aromatic carboxylic acids is 1. The predicted molar refractivity (Wildman–Crippen MR) is 111 cm³/mol. The van der Waals surface area contributed by atoms with Gasteiger partial charge in [0.1, 0.15) is 9.77 Å². The Kier molecular flexibility index (Phi) is 6.74. The molecular formula is C20H26N2O4S2. The van der Waals surface area contributed by atoms with Crippen LogP contribution in [-0.2, 0) is 16.6 Å². The van der Waals surface area contributed by atoms with Crippen LogP contribution in [-0.4, -0.2) is 25.5 Å². The first-order valence-corrected chi connectivity index (χ1v) is 11.9. The highest BCUT2D eigenvalue weighted by Gasteiger charge is 2.24. The fraction of sp³-hybridized carbons (Fsp3) is 0.450. The number of para-hydroxylation sites is 1. The van der Waals surface area contributed by atoms with Crippen molar-refractivity contribution in [1.29, 1.82) is 0 Å². The zero-order chi connectivity index (χ0) is 20.1. The third kappa shape index (κ3) is 5.12. The summed E-state index contributed by atoms with van der Waals surface area (Å²) in [5, 5.41) is 14.2. The molecule has 8 heteroatoms. The summed E-state index contributed by atoms with van der Waals surface area (Å²) in [5.74, 6) is -0.463. The number of carbonyl (C=O) groups is 1. The lowest BCUT2D eigenvalue weighted by Gasteiger charge is -2.19. The van der Waals surface area contributed by atoms with Gasteiger partial charge in [-0.25, -0.2) is 13.2 Å². The topological polar surface area (TPSA) is 95.5 Å². The van der Waals surface area contributed by atoms with Gasteiger partial charge in [-0.15, -0.1) is 11.3 Å². The van der Waals surface area contributed by atoms with Gasteiger partial charge in [-0.1, -0.05) is 43.9 Å². The van der Waals surface area contributed by atoms with Crippen molar-refractivity contribution in [1.82, 2.24) is 5.32 Å². The van der Waals surface area contributed by atoms with E-state index in [1.54, 1.807) is 12.1 Å². The molecule has 2 aromatic rings. The highest BCUT2D eigenvalue weighted by Crippen LogP contribution is 2.29. The fourth-order valence-electron chi connectivity index (χ4n) is 3.75. The second-order valence-electron chi connectivity index (χ2n) is 7.35. The van der Waals surface area contributed by atoms with E-state index in [9.17, 15) is 18.3 Å². The second-order valence-corrected chi connectivity index (χ2v) is 9.92. The molecule has 152 valence electrons. The van der Waals surface area contributed by atoms with Crippen molar-refractivity contribution in [3.05, 3.63) is 46.2 Å². The van der Waals surface area contributed by atoms with Crippen molar-refractivity contribution in [3.8, 4) is 0 Å². The van der Waals surface area contributed by atoms with Crippen LogP contribution in [0.5, 0.6) is 0 Å². The zero-order valence-electron chi connectivity index (χ0n) is 15.8. The molecule has 6 nitrogen and oxygen atoms in total. The Bertz CT molecular complexity index is 918. The number of anilines is 1. The van der Waals surface area contributed by atoms with Crippen LogP contribution >= 0.6 is 11.3 Å². The van der Waals surface area contributed by atoms with Crippen molar-refractivity contribution < 1.29 is 18.3 Å². The lowest BCUT2D eigenvalue weighted by molar-refractivity contribution is 0.0698. The third-order valence-electron chi connectivity index (χ3n) is 5.18. The Morgan fingerprint density at radius 1 is 1.25 bits per heavy atom. The molecule has 1 aromatic heterocycles. The lowest BCUT2D eigenvalue weighted by atomic mass is 9.99. The van der Waals surface area contributed by atoms with Crippen LogP contribution in [0, 0.1) is 5.92 Å². The Morgan fingerprint density at radius 3 is 2.68 bits per heavy atom. The predicted octanol–water partition coefficient (Wildman–Crippen LogP) is 4.31. The van der Waals surface area contributed by atoms with E-state index >= 15 is 0 Å². The van der Waals surface area contributed by atoms with E-state index < -0.39 is 16.0 Å². The monoisotopic (exact) mass is 422 g/mol. The molecule has 0 unspecified atom stereocenters. The van der Waals surface area contributed by atoms with Gasteiger partial charge in [0.25, 0.3) is 10.0 Å². The van der Waals surface area contributed by atoms with Crippen molar-refractivity contribution in [2.24, 2.45) is 5.92 Å². The SMILES string of the molecule is C[C@@H](CC1CCCC1)NCc1ccccc1NS(=O)(=O)c1ccsc1C(=O)O. The van der Waals surface area contributed by atoms with E-state index in [4.69, 9.17) is 0 Å². The van der Waals surface area contributed by atoms with Crippen LogP contribution in [0.1, 0.15) is 54.3 Å². The maximum atomic E-state index is 12.7. The molecule has 0 saturated heterocycles. The molecule has 3 rings (SSSR count). The molecule has 1 aromatic carbocycles. The minimum atomic E-state index is -3.97. The van der Waals surface area contributed by atoms with Gasteiger partial charge in [0.05, 0.1) is 5.69 Å². The number of rotatable bonds is 9. The molecule has 1 aliphatic rings. The average molecular weight is 423 g/mol. The van der Waals surface area contributed by atoms with E-state index in [2.05, 4.69) is 17.0 Å². The lowest BCUT2D eigenvalue weighted by Crippen LogP contribution is -2.28. The van der Waals surface area contributed by atoms with Crippen LogP contribution in [0.15, 0.2) is 40.6 Å². The van der Waals surface area contributed by atoms with E-state index in [1.165, 1.54) is 37.1 Å². The molecule has 0 radical (unpaired) electrons. The number of nitrogens with one attached hydrogen (secondary N) is 2. The summed E-state index contributed by atoms with van der Waals surface area (Å²) in [6, 6.07) is 8.87. The minimum absolute atomic E-state index is 0.187. The molecule has 0 spiro atoms. The molecule has 0 amide bonds. The Balaban J connectivity index is 1.69. The number of carboxylic acid groups (broad SMARTS) is 1. The van der Waals surface area contributed by atoms with Gasteiger partial charge in [-0.05, 0) is 42.3 Å². The van der Waals surface area contributed by atoms with Gasteiger partial charge in [0.2, 0.25) is 0 Å². The molecule has 1 aliphatic carbocycles. The van der Waals surface area contributed by atoms with Gasteiger partial charge in [0.15, 0.2) is 0 Å². The standard InChI is InChI=1S/C20H26N2O4S2/c1-14(12-15-6-2-3-7-15)21-13-16-8-4-5-9-17(16)22-28(25,26)18-10-11-27-19(18)20(23)24/h4-5,8-11,14-15,21-22H,2-3,6-7,12-13H2,1H3,(H,23,24)/t14-/m0/s1. The van der Waals surface area contributed by atoms with Gasteiger partial charge in [0, 0.05) is 12.6 Å². The molecule has 0 bridgehead atoms. The smallest absolute Gasteiger partial charge is 0.347 e. The van der Waals surface area contributed by atoms with Crippen molar-refractivity contribution in [3.63, 3.8) is 0 Å².